The number of piperidine rings is 1. The standard InChI is InChI=1S/C47H48FN3O2/c48-47-22-25-51(42-13-7-6-12-36(42)41(47)26-32-27-43(44(32)37-18-19-40(37)47)50-23-20-33(49)21-24-50)46(53)31-16-14-30(15-17-31)38-28-39(38)45(52)35-11-5-4-10-34(35)29-8-2-1-3-9-29/h1-17,26,32-33,37-40,43-44H,18-25,27-28,49H2. The predicted octanol–water partition coefficient (Wildman–Crippen LogP) is 8.95. The lowest BCUT2D eigenvalue weighted by atomic mass is 9.52. The molecule has 6 heteroatoms. The van der Waals surface area contributed by atoms with Gasteiger partial charge >= 0.3 is 0 Å². The highest BCUT2D eigenvalue weighted by Crippen LogP contribution is 2.64. The molecular formula is C47H48FN3O2. The molecule has 0 spiro atoms. The molecule has 4 aliphatic carbocycles. The van der Waals surface area contributed by atoms with Gasteiger partial charge in [0.2, 0.25) is 0 Å². The summed E-state index contributed by atoms with van der Waals surface area (Å²) in [5.74, 6) is 1.42. The molecule has 2 N–H and O–H groups in total. The fourth-order valence-electron chi connectivity index (χ4n) is 11.0. The molecule has 1 saturated heterocycles. The number of anilines is 1. The zero-order valence-electron chi connectivity index (χ0n) is 30.2. The third-order valence-electron chi connectivity index (χ3n) is 14.2. The molecule has 6 aliphatic rings. The molecule has 4 aromatic rings. The SMILES string of the molecule is NC1CCN(C2CC3C=C4c5ccccc5N(C(=O)c5ccc(C6CC6C(=O)c6ccccc6-c6ccccc6)cc5)CCC4(F)C4CCC4C32)CC1. The second-order valence-electron chi connectivity index (χ2n) is 16.8. The second-order valence-corrected chi connectivity index (χ2v) is 16.8. The number of hydrogen-bond donors (Lipinski definition) is 1. The Kier molecular flexibility index (Phi) is 8.07. The van der Waals surface area contributed by atoms with Gasteiger partial charge in [-0.25, -0.2) is 4.39 Å². The van der Waals surface area contributed by atoms with Gasteiger partial charge in [0, 0.05) is 53.6 Å². The summed E-state index contributed by atoms with van der Waals surface area (Å²) in [7, 11) is 0. The van der Waals surface area contributed by atoms with Gasteiger partial charge in [-0.15, -0.1) is 0 Å². The van der Waals surface area contributed by atoms with Gasteiger partial charge < -0.3 is 10.6 Å². The molecule has 0 bridgehead atoms. The van der Waals surface area contributed by atoms with E-state index in [1.54, 1.807) is 0 Å². The van der Waals surface area contributed by atoms with Gasteiger partial charge in [0.15, 0.2) is 5.78 Å². The number of amides is 1. The summed E-state index contributed by atoms with van der Waals surface area (Å²) in [6.45, 7) is 2.47. The van der Waals surface area contributed by atoms with E-state index < -0.39 is 5.67 Å². The summed E-state index contributed by atoms with van der Waals surface area (Å²) in [4.78, 5) is 32.6. The Morgan fingerprint density at radius 3 is 2.23 bits per heavy atom. The Morgan fingerprint density at radius 1 is 0.755 bits per heavy atom. The normalized spacial score (nSPS) is 31.9. The van der Waals surface area contributed by atoms with Crippen molar-refractivity contribution in [2.45, 2.75) is 68.6 Å². The number of alkyl halides is 1. The monoisotopic (exact) mass is 705 g/mol. The van der Waals surface area contributed by atoms with E-state index in [1.165, 1.54) is 0 Å². The molecule has 2 heterocycles. The van der Waals surface area contributed by atoms with Gasteiger partial charge in [-0.3, -0.25) is 14.5 Å². The molecule has 8 atom stereocenters. The van der Waals surface area contributed by atoms with E-state index in [-0.39, 0.29) is 29.4 Å². The molecule has 0 radical (unpaired) electrons. The average Bonchev–Trinajstić information content (AvgIpc) is 3.99. The molecule has 4 fully saturated rings. The Labute approximate surface area is 312 Å². The van der Waals surface area contributed by atoms with E-state index in [2.05, 4.69) is 11.0 Å². The first-order valence-corrected chi connectivity index (χ1v) is 20.0. The van der Waals surface area contributed by atoms with Gasteiger partial charge in [0.1, 0.15) is 5.67 Å². The maximum Gasteiger partial charge on any atom is 0.258 e. The number of ketones is 1. The van der Waals surface area contributed by atoms with Crippen LogP contribution in [0.3, 0.4) is 0 Å². The number of carbonyl (C=O) groups is 2. The summed E-state index contributed by atoms with van der Waals surface area (Å²) in [5.41, 5.74) is 11.8. The second kappa shape index (κ2) is 12.9. The van der Waals surface area contributed by atoms with Gasteiger partial charge in [0.25, 0.3) is 5.91 Å². The quantitative estimate of drug-likeness (QED) is 0.204. The molecule has 2 aliphatic heterocycles. The van der Waals surface area contributed by atoms with E-state index in [0.29, 0.717) is 48.4 Å². The van der Waals surface area contributed by atoms with Crippen molar-refractivity contribution in [3.8, 4) is 11.1 Å². The van der Waals surface area contributed by atoms with E-state index in [0.717, 1.165) is 90.7 Å². The molecule has 53 heavy (non-hydrogen) atoms. The molecule has 5 nitrogen and oxygen atoms in total. The van der Waals surface area contributed by atoms with Crippen LogP contribution in [0, 0.1) is 29.6 Å². The van der Waals surface area contributed by atoms with Gasteiger partial charge in [-0.1, -0.05) is 91.0 Å². The number of likely N-dealkylation sites (tertiary alicyclic amines) is 1. The Balaban J connectivity index is 0.888. The van der Waals surface area contributed by atoms with Crippen LogP contribution in [0.4, 0.5) is 10.1 Å². The molecule has 8 unspecified atom stereocenters. The van der Waals surface area contributed by atoms with Crippen LogP contribution < -0.4 is 10.6 Å². The molecule has 270 valence electrons. The number of rotatable bonds is 6. The third-order valence-corrected chi connectivity index (χ3v) is 14.2. The van der Waals surface area contributed by atoms with Gasteiger partial charge in [-0.2, -0.15) is 0 Å². The number of Topliss-reactive ketones (excluding diaryl/α,β-unsaturated/α-hetero) is 1. The highest BCUT2D eigenvalue weighted by molar-refractivity contribution is 6.08. The minimum atomic E-state index is -1.45. The molecule has 10 rings (SSSR count). The molecular weight excluding hydrogens is 658 g/mol. The summed E-state index contributed by atoms with van der Waals surface area (Å²) >= 11 is 0. The van der Waals surface area contributed by atoms with E-state index >= 15 is 4.39 Å². The minimum absolute atomic E-state index is 0.00477. The van der Waals surface area contributed by atoms with Crippen molar-refractivity contribution in [3.63, 3.8) is 0 Å². The van der Waals surface area contributed by atoms with E-state index in [9.17, 15) is 9.59 Å². The number of fused-ring (bicyclic) bond motifs is 7. The van der Waals surface area contributed by atoms with Crippen molar-refractivity contribution in [1.29, 1.82) is 0 Å². The van der Waals surface area contributed by atoms with Crippen LogP contribution in [0.5, 0.6) is 0 Å². The lowest BCUT2D eigenvalue weighted by Gasteiger charge is -2.58. The number of benzene rings is 4. The molecule has 3 saturated carbocycles. The number of carbonyl (C=O) groups excluding carboxylic acids is 2. The fraction of sp³-hybridized carbons (Fsp3) is 0.404. The summed E-state index contributed by atoms with van der Waals surface area (Å²) in [6, 6.07) is 34.7. The lowest BCUT2D eigenvalue weighted by molar-refractivity contribution is -0.0904. The zero-order valence-corrected chi connectivity index (χ0v) is 30.2. The topological polar surface area (TPSA) is 66.6 Å². The first-order valence-electron chi connectivity index (χ1n) is 20.0. The van der Waals surface area contributed by atoms with Crippen molar-refractivity contribution in [2.75, 3.05) is 24.5 Å². The molecule has 0 aromatic heterocycles. The first kappa shape index (κ1) is 33.2. The van der Waals surface area contributed by atoms with Gasteiger partial charge in [-0.05, 0) is 116 Å². The van der Waals surface area contributed by atoms with Crippen LogP contribution in [0.25, 0.3) is 16.7 Å². The number of halogens is 1. The highest BCUT2D eigenvalue weighted by atomic mass is 19.1. The van der Waals surface area contributed by atoms with Crippen LogP contribution in [-0.4, -0.2) is 54.0 Å². The van der Waals surface area contributed by atoms with Crippen LogP contribution in [0.15, 0.2) is 109 Å². The number of allylic oxidation sites excluding steroid dienone is 2. The maximum absolute atomic E-state index is 18.0. The number of nitrogens with zero attached hydrogens (tertiary/aromatic N) is 2. The lowest BCUT2D eigenvalue weighted by Crippen LogP contribution is -2.60. The van der Waals surface area contributed by atoms with Crippen molar-refractivity contribution < 1.29 is 14.0 Å². The Hall–Kier alpha value is -4.39. The van der Waals surface area contributed by atoms with Crippen LogP contribution in [0.2, 0.25) is 0 Å². The highest BCUT2D eigenvalue weighted by Gasteiger charge is 2.61. The first-order chi connectivity index (χ1) is 25.9. The summed E-state index contributed by atoms with van der Waals surface area (Å²) < 4.78 is 18.0. The van der Waals surface area contributed by atoms with Crippen LogP contribution >= 0.6 is 0 Å². The number of hydrogen-bond acceptors (Lipinski definition) is 4. The molecule has 4 aromatic carbocycles. The van der Waals surface area contributed by atoms with Crippen molar-refractivity contribution in [2.24, 2.45) is 35.3 Å². The smallest absolute Gasteiger partial charge is 0.258 e. The summed E-state index contributed by atoms with van der Waals surface area (Å²) in [6.07, 6.45) is 8.65. The largest absolute Gasteiger partial charge is 0.328 e. The fourth-order valence-corrected chi connectivity index (χ4v) is 11.0. The van der Waals surface area contributed by atoms with Gasteiger partial charge in [0.05, 0.1) is 5.69 Å². The van der Waals surface area contributed by atoms with Crippen molar-refractivity contribution in [1.82, 2.24) is 4.90 Å². The number of nitrogens with two attached hydrogens (primary N) is 1. The Bertz CT molecular complexity index is 2090. The predicted molar refractivity (Wildman–Crippen MR) is 208 cm³/mol. The zero-order chi connectivity index (χ0) is 35.8. The van der Waals surface area contributed by atoms with E-state index in [1.807, 2.05) is 108 Å². The Morgan fingerprint density at radius 2 is 1.47 bits per heavy atom. The minimum Gasteiger partial charge on any atom is -0.328 e. The molecule has 1 amide bonds. The van der Waals surface area contributed by atoms with Crippen molar-refractivity contribution >= 4 is 23.0 Å². The number of para-hydroxylation sites is 1. The van der Waals surface area contributed by atoms with E-state index in [4.69, 9.17) is 5.73 Å². The average molecular weight is 706 g/mol. The third kappa shape index (κ3) is 5.47. The van der Waals surface area contributed by atoms with Crippen molar-refractivity contribution in [3.05, 3.63) is 131 Å². The van der Waals surface area contributed by atoms with Crippen LogP contribution in [0.1, 0.15) is 82.7 Å². The van der Waals surface area contributed by atoms with Crippen LogP contribution in [-0.2, 0) is 0 Å². The summed E-state index contributed by atoms with van der Waals surface area (Å²) in [5, 5.41) is 0. The maximum atomic E-state index is 18.0.